The summed E-state index contributed by atoms with van der Waals surface area (Å²) in [6, 6.07) is 0.141. The van der Waals surface area contributed by atoms with E-state index in [0.29, 0.717) is 11.8 Å². The van der Waals surface area contributed by atoms with Gasteiger partial charge in [0.25, 0.3) is 0 Å². The van der Waals surface area contributed by atoms with Crippen molar-refractivity contribution in [2.45, 2.75) is 83.3 Å². The number of aromatic hydroxyl groups is 2. The second-order valence-electron chi connectivity index (χ2n) is 8.14. The largest absolute Gasteiger partial charge is 0.494 e. The van der Waals surface area contributed by atoms with Crippen LogP contribution in [0.3, 0.4) is 0 Å². The van der Waals surface area contributed by atoms with Crippen molar-refractivity contribution in [1.29, 1.82) is 0 Å². The highest BCUT2D eigenvalue weighted by molar-refractivity contribution is 5.47. The number of piperidine rings is 1. The molecule has 0 atom stereocenters. The summed E-state index contributed by atoms with van der Waals surface area (Å²) in [5, 5.41) is 24.9. The molecule has 0 amide bonds. The van der Waals surface area contributed by atoms with Crippen molar-refractivity contribution < 1.29 is 10.2 Å². The third-order valence-electron chi connectivity index (χ3n) is 5.00. The minimum atomic E-state index is -0.00390. The zero-order valence-corrected chi connectivity index (χ0v) is 13.7. The Labute approximate surface area is 127 Å². The first kappa shape index (κ1) is 14.8. The fourth-order valence-electron chi connectivity index (χ4n) is 4.59. The monoisotopic (exact) mass is 292 g/mol. The predicted octanol–water partition coefficient (Wildman–Crippen LogP) is 3.26. The summed E-state index contributed by atoms with van der Waals surface area (Å²) in [6.07, 6.45) is 5.80. The van der Waals surface area contributed by atoms with Gasteiger partial charge in [-0.1, -0.05) is 0 Å². The first-order valence-electron chi connectivity index (χ1n) is 8.13. The van der Waals surface area contributed by atoms with Crippen molar-refractivity contribution >= 4 is 0 Å². The van der Waals surface area contributed by atoms with Gasteiger partial charge in [-0.2, -0.15) is 0 Å². The Balaban J connectivity index is 2.02. The smallest absolute Gasteiger partial charge is 0.197 e. The minimum Gasteiger partial charge on any atom is -0.494 e. The number of fused-ring (bicyclic) bond motifs is 1. The van der Waals surface area contributed by atoms with Crippen LogP contribution in [0.5, 0.6) is 11.8 Å². The van der Waals surface area contributed by atoms with E-state index < -0.39 is 0 Å². The summed E-state index contributed by atoms with van der Waals surface area (Å²) < 4.78 is 1.81. The topological polar surface area (TPSA) is 57.4 Å². The SMILES string of the molecule is CC1(C)CC(n2c(O)c3c(c2O)CCCC3)CC(C)(C)N1. The van der Waals surface area contributed by atoms with E-state index in [1.165, 1.54) is 0 Å². The summed E-state index contributed by atoms with van der Waals surface area (Å²) >= 11 is 0. The third kappa shape index (κ3) is 2.54. The Morgan fingerprint density at radius 3 is 1.76 bits per heavy atom. The Bertz CT molecular complexity index is 512. The fraction of sp³-hybridized carbons (Fsp3) is 0.765. The first-order chi connectivity index (χ1) is 9.70. The Morgan fingerprint density at radius 1 is 0.905 bits per heavy atom. The van der Waals surface area contributed by atoms with Gasteiger partial charge in [0, 0.05) is 28.2 Å². The molecule has 1 aromatic heterocycles. The van der Waals surface area contributed by atoms with Gasteiger partial charge in [0.05, 0.1) is 0 Å². The molecule has 3 rings (SSSR count). The van der Waals surface area contributed by atoms with Crippen LogP contribution in [0.15, 0.2) is 0 Å². The highest BCUT2D eigenvalue weighted by Crippen LogP contribution is 2.46. The van der Waals surface area contributed by atoms with Crippen LogP contribution in [0.1, 0.15) is 70.5 Å². The average Bonchev–Trinajstić information content (AvgIpc) is 2.59. The first-order valence-corrected chi connectivity index (χ1v) is 8.13. The van der Waals surface area contributed by atoms with Crippen molar-refractivity contribution in [2.24, 2.45) is 0 Å². The van der Waals surface area contributed by atoms with Crippen LogP contribution < -0.4 is 5.32 Å². The molecule has 21 heavy (non-hydrogen) atoms. The maximum Gasteiger partial charge on any atom is 0.197 e. The van der Waals surface area contributed by atoms with Crippen molar-refractivity contribution in [3.63, 3.8) is 0 Å². The van der Waals surface area contributed by atoms with Crippen LogP contribution in [-0.2, 0) is 12.8 Å². The Hall–Kier alpha value is -1.16. The minimum absolute atomic E-state index is 0.00390. The van der Waals surface area contributed by atoms with Gasteiger partial charge in [0.1, 0.15) is 0 Å². The summed E-state index contributed by atoms with van der Waals surface area (Å²) in [7, 11) is 0. The maximum atomic E-state index is 10.6. The summed E-state index contributed by atoms with van der Waals surface area (Å²) in [5.74, 6) is 0.612. The van der Waals surface area contributed by atoms with E-state index in [4.69, 9.17) is 0 Å². The predicted molar refractivity (Wildman–Crippen MR) is 84.0 cm³/mol. The summed E-state index contributed by atoms with van der Waals surface area (Å²) in [6.45, 7) is 8.77. The Morgan fingerprint density at radius 2 is 1.33 bits per heavy atom. The highest BCUT2D eigenvalue weighted by atomic mass is 16.3. The molecule has 1 aliphatic heterocycles. The van der Waals surface area contributed by atoms with Crippen LogP contribution in [0, 0.1) is 0 Å². The summed E-state index contributed by atoms with van der Waals surface area (Å²) in [4.78, 5) is 0. The van der Waals surface area contributed by atoms with Crippen LogP contribution >= 0.6 is 0 Å². The average molecular weight is 292 g/mol. The van der Waals surface area contributed by atoms with Crippen molar-refractivity contribution in [2.75, 3.05) is 0 Å². The quantitative estimate of drug-likeness (QED) is 0.744. The molecule has 0 aromatic carbocycles. The van der Waals surface area contributed by atoms with Gasteiger partial charge < -0.3 is 15.5 Å². The molecular formula is C17H28N2O2. The lowest BCUT2D eigenvalue weighted by Crippen LogP contribution is -2.57. The molecule has 4 nitrogen and oxygen atoms in total. The van der Waals surface area contributed by atoms with Crippen molar-refractivity contribution in [1.82, 2.24) is 9.88 Å². The number of nitrogens with one attached hydrogen (secondary N) is 1. The van der Waals surface area contributed by atoms with Crippen molar-refractivity contribution in [3.05, 3.63) is 11.1 Å². The van der Waals surface area contributed by atoms with Crippen LogP contribution in [0.2, 0.25) is 0 Å². The number of nitrogens with zero attached hydrogens (tertiary/aromatic N) is 1. The van der Waals surface area contributed by atoms with E-state index in [2.05, 4.69) is 33.0 Å². The number of hydrogen-bond acceptors (Lipinski definition) is 3. The molecule has 0 radical (unpaired) electrons. The van der Waals surface area contributed by atoms with Gasteiger partial charge in [-0.3, -0.25) is 4.57 Å². The number of hydrogen-bond donors (Lipinski definition) is 3. The molecule has 2 aliphatic rings. The normalized spacial score (nSPS) is 24.8. The molecule has 3 N–H and O–H groups in total. The second-order valence-corrected chi connectivity index (χ2v) is 8.14. The van der Waals surface area contributed by atoms with Gasteiger partial charge in [0.2, 0.25) is 0 Å². The van der Waals surface area contributed by atoms with Gasteiger partial charge >= 0.3 is 0 Å². The molecule has 4 heteroatoms. The van der Waals surface area contributed by atoms with Crippen LogP contribution in [0.4, 0.5) is 0 Å². The Kier molecular flexibility index (Phi) is 3.28. The molecule has 2 heterocycles. The molecule has 118 valence electrons. The molecule has 1 saturated heterocycles. The van der Waals surface area contributed by atoms with Crippen molar-refractivity contribution in [3.8, 4) is 11.8 Å². The zero-order chi connectivity index (χ0) is 15.4. The highest BCUT2D eigenvalue weighted by Gasteiger charge is 2.40. The van der Waals surface area contributed by atoms with Gasteiger partial charge in [0.15, 0.2) is 11.8 Å². The second kappa shape index (κ2) is 4.67. The van der Waals surface area contributed by atoms with Gasteiger partial charge in [-0.05, 0) is 66.2 Å². The van der Waals surface area contributed by atoms with Gasteiger partial charge in [-0.15, -0.1) is 0 Å². The van der Waals surface area contributed by atoms with E-state index in [0.717, 1.165) is 49.7 Å². The van der Waals surface area contributed by atoms with E-state index in [9.17, 15) is 10.2 Å². The lowest BCUT2D eigenvalue weighted by Gasteiger charge is -2.47. The number of aromatic nitrogens is 1. The molecule has 1 aromatic rings. The fourth-order valence-corrected chi connectivity index (χ4v) is 4.59. The van der Waals surface area contributed by atoms with E-state index >= 15 is 0 Å². The summed E-state index contributed by atoms with van der Waals surface area (Å²) in [5.41, 5.74) is 1.95. The van der Waals surface area contributed by atoms with Crippen LogP contribution in [0.25, 0.3) is 0 Å². The van der Waals surface area contributed by atoms with E-state index in [1.54, 1.807) is 4.57 Å². The molecule has 0 saturated carbocycles. The van der Waals surface area contributed by atoms with Gasteiger partial charge in [-0.25, -0.2) is 0 Å². The zero-order valence-electron chi connectivity index (χ0n) is 13.7. The lowest BCUT2D eigenvalue weighted by atomic mass is 9.79. The molecule has 1 fully saturated rings. The third-order valence-corrected chi connectivity index (χ3v) is 5.00. The standard InChI is InChI=1S/C17H28N2O2/c1-16(2)9-11(10-17(3,4)18-16)19-14(20)12-7-5-6-8-13(12)15(19)21/h11,18,20-21H,5-10H2,1-4H3. The molecule has 0 unspecified atom stereocenters. The molecule has 0 bridgehead atoms. The van der Waals surface area contributed by atoms with E-state index in [-0.39, 0.29) is 17.1 Å². The molecule has 0 spiro atoms. The lowest BCUT2D eigenvalue weighted by molar-refractivity contribution is 0.123. The number of rotatable bonds is 1. The van der Waals surface area contributed by atoms with Crippen LogP contribution in [-0.4, -0.2) is 25.9 Å². The molecular weight excluding hydrogens is 264 g/mol. The maximum absolute atomic E-state index is 10.6. The van der Waals surface area contributed by atoms with E-state index in [1.807, 2.05) is 0 Å². The molecule has 1 aliphatic carbocycles.